The van der Waals surface area contributed by atoms with Crippen LogP contribution in [0.1, 0.15) is 26.7 Å². The summed E-state index contributed by atoms with van der Waals surface area (Å²) in [6.07, 6.45) is 2.13. The normalized spacial score (nSPS) is 14.9. The average Bonchev–Trinajstić information content (AvgIpc) is 2.82. The molecule has 0 saturated carbocycles. The Morgan fingerprint density at radius 3 is 2.44 bits per heavy atom. The number of hydrogen-bond donors (Lipinski definition) is 2. The number of anilines is 2. The summed E-state index contributed by atoms with van der Waals surface area (Å²) in [6.45, 7) is 11.3. The molecule has 0 spiro atoms. The lowest BCUT2D eigenvalue weighted by molar-refractivity contribution is 0.253. The van der Waals surface area contributed by atoms with Gasteiger partial charge in [0.25, 0.3) is 0 Å². The number of aliphatic imine (C=N–C) groups is 1. The molecule has 1 aliphatic heterocycles. The number of para-hydroxylation sites is 1. The molecule has 0 aromatic heterocycles. The smallest absolute Gasteiger partial charge is 0.193 e. The molecule has 2 aromatic rings. The van der Waals surface area contributed by atoms with Crippen molar-refractivity contribution < 1.29 is 9.47 Å². The fourth-order valence-corrected chi connectivity index (χ4v) is 3.84. The van der Waals surface area contributed by atoms with E-state index in [1.165, 1.54) is 5.69 Å². The van der Waals surface area contributed by atoms with E-state index in [-0.39, 0.29) is 0 Å². The first-order valence-electron chi connectivity index (χ1n) is 11.7. The number of piperazine rings is 1. The minimum atomic E-state index is 0.399. The average molecular weight is 440 g/mol. The standard InChI is InChI=1S/C25H37N5O2/c1-3-31-22-12-13-24(32-4-2)23(20-22)28-25(26)27-14-8-9-15-29-16-18-30(19-17-29)21-10-6-5-7-11-21/h5-7,10-13,20H,3-4,8-9,14-19H2,1-2H3,(H3,26,27,28). The molecule has 0 atom stereocenters. The molecule has 3 N–H and O–H groups in total. The molecule has 0 bridgehead atoms. The topological polar surface area (TPSA) is 75.3 Å². The number of unbranched alkanes of at least 4 members (excludes halogenated alkanes) is 1. The molecule has 0 aliphatic carbocycles. The first-order valence-corrected chi connectivity index (χ1v) is 11.7. The van der Waals surface area contributed by atoms with Crippen molar-refractivity contribution in [3.63, 3.8) is 0 Å². The lowest BCUT2D eigenvalue weighted by atomic mass is 10.2. The SMILES string of the molecule is CCOc1ccc(OCC)c(NC(N)=NCCCCN2CCN(c3ccccc3)CC2)c1. The van der Waals surface area contributed by atoms with Gasteiger partial charge < -0.3 is 25.4 Å². The highest BCUT2D eigenvalue weighted by Gasteiger charge is 2.16. The Bertz CT molecular complexity index is 835. The van der Waals surface area contributed by atoms with Crippen molar-refractivity contribution in [2.75, 3.05) is 62.7 Å². The maximum Gasteiger partial charge on any atom is 0.193 e. The van der Waals surface area contributed by atoms with Crippen LogP contribution in [0.2, 0.25) is 0 Å². The summed E-state index contributed by atoms with van der Waals surface area (Å²) in [5.41, 5.74) is 8.21. The lowest BCUT2D eigenvalue weighted by Crippen LogP contribution is -2.46. The predicted molar refractivity (Wildman–Crippen MR) is 133 cm³/mol. The molecule has 0 unspecified atom stereocenters. The van der Waals surface area contributed by atoms with Gasteiger partial charge >= 0.3 is 0 Å². The summed E-state index contributed by atoms with van der Waals surface area (Å²) in [5, 5.41) is 3.16. The Labute approximate surface area is 192 Å². The summed E-state index contributed by atoms with van der Waals surface area (Å²) < 4.78 is 11.3. The van der Waals surface area contributed by atoms with Crippen LogP contribution in [0.25, 0.3) is 0 Å². The molecule has 1 fully saturated rings. The second-order valence-electron chi connectivity index (χ2n) is 7.79. The summed E-state index contributed by atoms with van der Waals surface area (Å²) in [4.78, 5) is 9.49. The zero-order valence-corrected chi connectivity index (χ0v) is 19.4. The van der Waals surface area contributed by atoms with Gasteiger partial charge in [-0.05, 0) is 57.5 Å². The molecule has 2 aromatic carbocycles. The molecule has 174 valence electrons. The van der Waals surface area contributed by atoms with Crippen LogP contribution in [0.4, 0.5) is 11.4 Å². The van der Waals surface area contributed by atoms with Crippen LogP contribution in [0, 0.1) is 0 Å². The first kappa shape index (κ1) is 23.7. The molecule has 3 rings (SSSR count). The fourth-order valence-electron chi connectivity index (χ4n) is 3.84. The van der Waals surface area contributed by atoms with Gasteiger partial charge in [-0.15, -0.1) is 0 Å². The van der Waals surface area contributed by atoms with E-state index >= 15 is 0 Å². The summed E-state index contributed by atoms with van der Waals surface area (Å²) in [5.74, 6) is 1.92. The van der Waals surface area contributed by atoms with Crippen molar-refractivity contribution in [3.8, 4) is 11.5 Å². The van der Waals surface area contributed by atoms with Gasteiger partial charge in [0.1, 0.15) is 11.5 Å². The number of rotatable bonds is 11. The quantitative estimate of drug-likeness (QED) is 0.315. The van der Waals surface area contributed by atoms with E-state index in [9.17, 15) is 0 Å². The highest BCUT2D eigenvalue weighted by atomic mass is 16.5. The zero-order chi connectivity index (χ0) is 22.6. The summed E-state index contributed by atoms with van der Waals surface area (Å²) >= 11 is 0. The van der Waals surface area contributed by atoms with Crippen molar-refractivity contribution in [2.45, 2.75) is 26.7 Å². The number of nitrogens with one attached hydrogen (secondary N) is 1. The minimum Gasteiger partial charge on any atom is -0.494 e. The van der Waals surface area contributed by atoms with Gasteiger partial charge in [0.05, 0.1) is 18.9 Å². The molecule has 1 heterocycles. The molecular formula is C25H37N5O2. The van der Waals surface area contributed by atoms with E-state index in [2.05, 4.69) is 50.4 Å². The molecule has 7 nitrogen and oxygen atoms in total. The van der Waals surface area contributed by atoms with Crippen LogP contribution in [0.5, 0.6) is 11.5 Å². The third kappa shape index (κ3) is 7.34. The molecule has 0 radical (unpaired) electrons. The number of nitrogens with zero attached hydrogens (tertiary/aromatic N) is 3. The molecule has 7 heteroatoms. The molecule has 1 aliphatic rings. The van der Waals surface area contributed by atoms with E-state index in [1.807, 2.05) is 32.0 Å². The third-order valence-corrected chi connectivity index (χ3v) is 5.48. The zero-order valence-electron chi connectivity index (χ0n) is 19.4. The highest BCUT2D eigenvalue weighted by Crippen LogP contribution is 2.29. The van der Waals surface area contributed by atoms with Crippen LogP contribution < -0.4 is 25.4 Å². The van der Waals surface area contributed by atoms with Gasteiger partial charge in [-0.3, -0.25) is 9.89 Å². The van der Waals surface area contributed by atoms with Crippen LogP contribution in [-0.2, 0) is 0 Å². The van der Waals surface area contributed by atoms with E-state index in [1.54, 1.807) is 0 Å². The maximum atomic E-state index is 6.12. The Balaban J connectivity index is 1.38. The second-order valence-corrected chi connectivity index (χ2v) is 7.79. The van der Waals surface area contributed by atoms with Gasteiger partial charge in [-0.2, -0.15) is 0 Å². The van der Waals surface area contributed by atoms with Gasteiger partial charge in [0, 0.05) is 44.5 Å². The summed E-state index contributed by atoms with van der Waals surface area (Å²) in [6, 6.07) is 16.3. The number of benzene rings is 2. The third-order valence-electron chi connectivity index (χ3n) is 5.48. The molecular weight excluding hydrogens is 402 g/mol. The van der Waals surface area contributed by atoms with E-state index < -0.39 is 0 Å². The van der Waals surface area contributed by atoms with Crippen LogP contribution in [0.15, 0.2) is 53.5 Å². The molecule has 0 amide bonds. The molecule has 32 heavy (non-hydrogen) atoms. The number of guanidine groups is 1. The predicted octanol–water partition coefficient (Wildman–Crippen LogP) is 3.81. The minimum absolute atomic E-state index is 0.399. The summed E-state index contributed by atoms with van der Waals surface area (Å²) in [7, 11) is 0. The lowest BCUT2D eigenvalue weighted by Gasteiger charge is -2.36. The highest BCUT2D eigenvalue weighted by molar-refractivity contribution is 5.94. The van der Waals surface area contributed by atoms with Gasteiger partial charge in [-0.25, -0.2) is 0 Å². The second kappa shape index (κ2) is 12.8. The monoisotopic (exact) mass is 439 g/mol. The van der Waals surface area contributed by atoms with Crippen LogP contribution in [-0.4, -0.2) is 63.3 Å². The van der Waals surface area contributed by atoms with Crippen molar-refractivity contribution in [3.05, 3.63) is 48.5 Å². The van der Waals surface area contributed by atoms with Crippen molar-refractivity contribution in [2.24, 2.45) is 10.7 Å². The van der Waals surface area contributed by atoms with E-state index in [4.69, 9.17) is 15.2 Å². The maximum absolute atomic E-state index is 6.12. The van der Waals surface area contributed by atoms with E-state index in [0.717, 1.165) is 62.8 Å². The Kier molecular flexibility index (Phi) is 9.50. The Morgan fingerprint density at radius 2 is 1.72 bits per heavy atom. The number of hydrogen-bond acceptors (Lipinski definition) is 5. The number of nitrogens with two attached hydrogens (primary N) is 1. The Morgan fingerprint density at radius 1 is 0.969 bits per heavy atom. The fraction of sp³-hybridized carbons (Fsp3) is 0.480. The number of ether oxygens (including phenoxy) is 2. The van der Waals surface area contributed by atoms with E-state index in [0.29, 0.717) is 25.7 Å². The van der Waals surface area contributed by atoms with Crippen molar-refractivity contribution >= 4 is 17.3 Å². The van der Waals surface area contributed by atoms with Gasteiger partial charge in [0.2, 0.25) is 0 Å². The molecule has 1 saturated heterocycles. The van der Waals surface area contributed by atoms with Gasteiger partial charge in [-0.1, -0.05) is 18.2 Å². The Hall–Kier alpha value is -2.93. The van der Waals surface area contributed by atoms with Crippen molar-refractivity contribution in [1.29, 1.82) is 0 Å². The van der Waals surface area contributed by atoms with Crippen molar-refractivity contribution in [1.82, 2.24) is 4.90 Å². The van der Waals surface area contributed by atoms with Crippen LogP contribution in [0.3, 0.4) is 0 Å². The van der Waals surface area contributed by atoms with Gasteiger partial charge in [0.15, 0.2) is 5.96 Å². The first-order chi connectivity index (χ1) is 15.7. The van der Waals surface area contributed by atoms with Crippen LogP contribution >= 0.6 is 0 Å². The largest absolute Gasteiger partial charge is 0.494 e.